The number of hydrogen-bond acceptors (Lipinski definition) is 2. The standard InChI is InChI=1S/C15H15ClN2S2/c16-11-4-5-13-10(8-11)3-6-14(13)18-15(19)17-9-12-2-1-7-20-12/h1-2,4-5,7-8,14H,3,6,9H2,(H2,17,18,19)/t14-/m1/s1. The molecule has 104 valence electrons. The molecular formula is C15H15ClN2S2. The lowest BCUT2D eigenvalue weighted by Crippen LogP contribution is -2.36. The summed E-state index contributed by atoms with van der Waals surface area (Å²) < 4.78 is 0. The number of benzene rings is 1. The summed E-state index contributed by atoms with van der Waals surface area (Å²) >= 11 is 13.1. The van der Waals surface area contributed by atoms with E-state index in [1.807, 2.05) is 6.07 Å². The molecule has 0 unspecified atom stereocenters. The first-order valence-corrected chi connectivity index (χ1v) is 8.24. The van der Waals surface area contributed by atoms with E-state index in [1.165, 1.54) is 16.0 Å². The quantitative estimate of drug-likeness (QED) is 0.834. The Kier molecular flexibility index (Phi) is 4.24. The third-order valence-electron chi connectivity index (χ3n) is 3.49. The van der Waals surface area contributed by atoms with Crippen LogP contribution in [0.3, 0.4) is 0 Å². The fraction of sp³-hybridized carbons (Fsp3) is 0.267. The van der Waals surface area contributed by atoms with Crippen molar-refractivity contribution in [2.45, 2.75) is 25.4 Å². The van der Waals surface area contributed by atoms with E-state index < -0.39 is 0 Å². The topological polar surface area (TPSA) is 24.1 Å². The van der Waals surface area contributed by atoms with Crippen molar-refractivity contribution < 1.29 is 0 Å². The van der Waals surface area contributed by atoms with Gasteiger partial charge in [0, 0.05) is 9.90 Å². The third-order valence-corrected chi connectivity index (χ3v) is 4.87. The molecule has 0 aliphatic heterocycles. The summed E-state index contributed by atoms with van der Waals surface area (Å²) in [5, 5.41) is 10.3. The average molecular weight is 323 g/mol. The van der Waals surface area contributed by atoms with Crippen LogP contribution in [-0.4, -0.2) is 5.11 Å². The predicted molar refractivity (Wildman–Crippen MR) is 89.4 cm³/mol. The van der Waals surface area contributed by atoms with E-state index in [0.717, 1.165) is 24.4 Å². The van der Waals surface area contributed by atoms with E-state index in [0.29, 0.717) is 11.2 Å². The average Bonchev–Trinajstić information content (AvgIpc) is 3.06. The Morgan fingerprint density at radius 3 is 3.10 bits per heavy atom. The van der Waals surface area contributed by atoms with Gasteiger partial charge in [0.1, 0.15) is 0 Å². The Balaban J connectivity index is 1.58. The van der Waals surface area contributed by atoms with Gasteiger partial charge in [0.2, 0.25) is 0 Å². The molecule has 0 radical (unpaired) electrons. The zero-order chi connectivity index (χ0) is 13.9. The Morgan fingerprint density at radius 1 is 1.40 bits per heavy atom. The van der Waals surface area contributed by atoms with Crippen LogP contribution in [0.5, 0.6) is 0 Å². The first-order valence-electron chi connectivity index (χ1n) is 6.57. The Labute approximate surface area is 133 Å². The maximum Gasteiger partial charge on any atom is 0.167 e. The minimum atomic E-state index is 0.297. The fourth-order valence-corrected chi connectivity index (χ4v) is 3.58. The summed E-state index contributed by atoms with van der Waals surface area (Å²) in [5.41, 5.74) is 2.64. The van der Waals surface area contributed by atoms with Gasteiger partial charge in [0.05, 0.1) is 12.6 Å². The van der Waals surface area contributed by atoms with E-state index >= 15 is 0 Å². The number of nitrogens with one attached hydrogen (secondary N) is 2. The van der Waals surface area contributed by atoms with Crippen LogP contribution in [0.2, 0.25) is 5.02 Å². The van der Waals surface area contributed by atoms with Gasteiger partial charge >= 0.3 is 0 Å². The molecule has 0 fully saturated rings. The normalized spacial score (nSPS) is 16.8. The summed E-state index contributed by atoms with van der Waals surface area (Å²) in [6, 6.07) is 10.6. The van der Waals surface area contributed by atoms with Crippen LogP contribution in [0.15, 0.2) is 35.7 Å². The molecule has 0 spiro atoms. The van der Waals surface area contributed by atoms with Crippen LogP contribution in [0, 0.1) is 0 Å². The van der Waals surface area contributed by atoms with Gasteiger partial charge in [-0.05, 0) is 59.8 Å². The molecule has 1 atom stereocenters. The minimum Gasteiger partial charge on any atom is -0.358 e. The van der Waals surface area contributed by atoms with Gasteiger partial charge in [-0.1, -0.05) is 23.7 Å². The summed E-state index contributed by atoms with van der Waals surface area (Å²) in [5.74, 6) is 0. The third kappa shape index (κ3) is 3.14. The molecular weight excluding hydrogens is 308 g/mol. The van der Waals surface area contributed by atoms with Crippen molar-refractivity contribution in [3.8, 4) is 0 Å². The fourth-order valence-electron chi connectivity index (χ4n) is 2.53. The molecule has 1 heterocycles. The van der Waals surface area contributed by atoms with Crippen molar-refractivity contribution in [2.24, 2.45) is 0 Å². The number of aryl methyl sites for hydroxylation is 1. The summed E-state index contributed by atoms with van der Waals surface area (Å²) in [7, 11) is 0. The summed E-state index contributed by atoms with van der Waals surface area (Å²) in [6.45, 7) is 0.781. The highest BCUT2D eigenvalue weighted by Gasteiger charge is 2.22. The van der Waals surface area contributed by atoms with E-state index in [9.17, 15) is 0 Å². The van der Waals surface area contributed by atoms with Crippen molar-refractivity contribution in [2.75, 3.05) is 0 Å². The largest absolute Gasteiger partial charge is 0.358 e. The number of halogens is 1. The van der Waals surface area contributed by atoms with Gasteiger partial charge in [0.15, 0.2) is 5.11 Å². The highest BCUT2D eigenvalue weighted by Crippen LogP contribution is 2.32. The van der Waals surface area contributed by atoms with Crippen LogP contribution in [0.4, 0.5) is 0 Å². The number of fused-ring (bicyclic) bond motifs is 1. The van der Waals surface area contributed by atoms with Crippen molar-refractivity contribution in [3.05, 3.63) is 56.7 Å². The molecule has 0 bridgehead atoms. The van der Waals surface area contributed by atoms with Gasteiger partial charge in [-0.15, -0.1) is 11.3 Å². The number of rotatable bonds is 3. The van der Waals surface area contributed by atoms with E-state index in [4.69, 9.17) is 23.8 Å². The molecule has 1 aliphatic carbocycles. The minimum absolute atomic E-state index is 0.297. The van der Waals surface area contributed by atoms with Crippen molar-refractivity contribution in [1.29, 1.82) is 0 Å². The maximum absolute atomic E-state index is 6.03. The van der Waals surface area contributed by atoms with E-state index in [2.05, 4.69) is 40.3 Å². The molecule has 2 nitrogen and oxygen atoms in total. The van der Waals surface area contributed by atoms with Crippen molar-refractivity contribution in [1.82, 2.24) is 10.6 Å². The molecule has 0 amide bonds. The summed E-state index contributed by atoms with van der Waals surface area (Å²) in [6.07, 6.45) is 2.12. The van der Waals surface area contributed by atoms with Gasteiger partial charge in [-0.2, -0.15) is 0 Å². The number of hydrogen-bond donors (Lipinski definition) is 2. The molecule has 5 heteroatoms. The van der Waals surface area contributed by atoms with Crippen molar-refractivity contribution >= 4 is 40.3 Å². The first-order chi connectivity index (χ1) is 9.72. The molecule has 20 heavy (non-hydrogen) atoms. The second-order valence-corrected chi connectivity index (χ2v) is 6.72. The molecule has 2 N–H and O–H groups in total. The highest BCUT2D eigenvalue weighted by atomic mass is 35.5. The first kappa shape index (κ1) is 13.9. The van der Waals surface area contributed by atoms with E-state index in [-0.39, 0.29) is 0 Å². The Bertz CT molecular complexity index is 610. The molecule has 0 saturated carbocycles. The SMILES string of the molecule is S=C(NCc1cccs1)N[C@@H]1CCc2cc(Cl)ccc21. The van der Waals surface area contributed by atoms with Crippen LogP contribution < -0.4 is 10.6 Å². The summed E-state index contributed by atoms with van der Waals surface area (Å²) in [4.78, 5) is 1.28. The van der Waals surface area contributed by atoms with Crippen LogP contribution in [0.1, 0.15) is 28.5 Å². The lowest BCUT2D eigenvalue weighted by atomic mass is 10.1. The van der Waals surface area contributed by atoms with Crippen LogP contribution in [-0.2, 0) is 13.0 Å². The zero-order valence-electron chi connectivity index (χ0n) is 10.9. The molecule has 1 aromatic heterocycles. The highest BCUT2D eigenvalue weighted by molar-refractivity contribution is 7.80. The van der Waals surface area contributed by atoms with Gasteiger partial charge < -0.3 is 10.6 Å². The maximum atomic E-state index is 6.03. The molecule has 2 aromatic rings. The number of thiophene rings is 1. The Hall–Kier alpha value is -1.10. The second kappa shape index (κ2) is 6.12. The van der Waals surface area contributed by atoms with Crippen LogP contribution >= 0.6 is 35.2 Å². The predicted octanol–water partition coefficient (Wildman–Crippen LogP) is 4.05. The van der Waals surface area contributed by atoms with Gasteiger partial charge in [-0.3, -0.25) is 0 Å². The van der Waals surface area contributed by atoms with Crippen molar-refractivity contribution in [3.63, 3.8) is 0 Å². The number of thiocarbonyl (C=S) groups is 1. The van der Waals surface area contributed by atoms with E-state index in [1.54, 1.807) is 11.3 Å². The molecule has 0 saturated heterocycles. The lowest BCUT2D eigenvalue weighted by molar-refractivity contribution is 0.630. The molecule has 1 aliphatic rings. The molecule has 3 rings (SSSR count). The Morgan fingerprint density at radius 2 is 2.30 bits per heavy atom. The smallest absolute Gasteiger partial charge is 0.167 e. The second-order valence-electron chi connectivity index (χ2n) is 4.84. The lowest BCUT2D eigenvalue weighted by Gasteiger charge is -2.17. The molecule has 1 aromatic carbocycles. The zero-order valence-corrected chi connectivity index (χ0v) is 13.2. The monoisotopic (exact) mass is 322 g/mol. The van der Waals surface area contributed by atoms with Gasteiger partial charge in [0.25, 0.3) is 0 Å². The van der Waals surface area contributed by atoms with Gasteiger partial charge in [-0.25, -0.2) is 0 Å². The van der Waals surface area contributed by atoms with Crippen LogP contribution in [0.25, 0.3) is 0 Å².